The Balaban J connectivity index is 0.000000471. The number of anilines is 1. The summed E-state index contributed by atoms with van der Waals surface area (Å²) in [7, 11) is 0. The molecule has 0 radical (unpaired) electrons. The molecule has 0 unspecified atom stereocenters. The Morgan fingerprint density at radius 2 is 1.95 bits per heavy atom. The summed E-state index contributed by atoms with van der Waals surface area (Å²) in [6.07, 6.45) is 0. The second kappa shape index (κ2) is 7.40. The molecular formula is C12H15ClN2O4. The highest BCUT2D eigenvalue weighted by Crippen LogP contribution is 2.18. The van der Waals surface area contributed by atoms with Crippen molar-refractivity contribution in [1.29, 1.82) is 0 Å². The maximum absolute atomic E-state index is 11.0. The van der Waals surface area contributed by atoms with Crippen molar-refractivity contribution in [2.45, 2.75) is 6.92 Å². The predicted molar refractivity (Wildman–Crippen MR) is 75.6 cm³/mol. The van der Waals surface area contributed by atoms with Crippen LogP contribution in [0.25, 0.3) is 11.0 Å². The molecule has 1 aromatic carbocycles. The number of nitrogens with two attached hydrogens (primary N) is 2. The van der Waals surface area contributed by atoms with E-state index in [-0.39, 0.29) is 24.6 Å². The minimum Gasteiger partial charge on any atom is -0.480 e. The van der Waals surface area contributed by atoms with Crippen LogP contribution in [0.3, 0.4) is 0 Å². The molecule has 6 nitrogen and oxygen atoms in total. The van der Waals surface area contributed by atoms with E-state index in [0.717, 1.165) is 10.9 Å². The lowest BCUT2D eigenvalue weighted by molar-refractivity contribution is -0.135. The van der Waals surface area contributed by atoms with Crippen LogP contribution in [0.5, 0.6) is 0 Å². The summed E-state index contributed by atoms with van der Waals surface area (Å²) in [5.74, 6) is -0.968. The van der Waals surface area contributed by atoms with Crippen molar-refractivity contribution in [3.63, 3.8) is 0 Å². The van der Waals surface area contributed by atoms with Gasteiger partial charge in [0.05, 0.1) is 6.54 Å². The van der Waals surface area contributed by atoms with Crippen molar-refractivity contribution in [3.05, 3.63) is 40.2 Å². The minimum atomic E-state index is -0.968. The van der Waals surface area contributed by atoms with E-state index in [1.807, 2.05) is 13.0 Å². The second-order valence-corrected chi connectivity index (χ2v) is 3.60. The van der Waals surface area contributed by atoms with E-state index >= 15 is 0 Å². The van der Waals surface area contributed by atoms with Crippen LogP contribution in [-0.4, -0.2) is 17.6 Å². The van der Waals surface area contributed by atoms with Crippen molar-refractivity contribution in [2.24, 2.45) is 5.73 Å². The smallest absolute Gasteiger partial charge is 0.336 e. The van der Waals surface area contributed by atoms with Gasteiger partial charge in [-0.25, -0.2) is 4.79 Å². The first-order valence-corrected chi connectivity index (χ1v) is 5.16. The molecule has 0 bridgehead atoms. The molecular weight excluding hydrogens is 272 g/mol. The van der Waals surface area contributed by atoms with Crippen molar-refractivity contribution in [3.8, 4) is 0 Å². The molecule has 7 heteroatoms. The summed E-state index contributed by atoms with van der Waals surface area (Å²) >= 11 is 0. The molecule has 0 atom stereocenters. The van der Waals surface area contributed by atoms with Gasteiger partial charge in [-0.3, -0.25) is 4.79 Å². The fourth-order valence-electron chi connectivity index (χ4n) is 1.34. The predicted octanol–water partition coefficient (Wildman–Crippen LogP) is 1.14. The summed E-state index contributed by atoms with van der Waals surface area (Å²) in [5.41, 5.74) is 11.8. The molecule has 2 aromatic rings. The van der Waals surface area contributed by atoms with Crippen molar-refractivity contribution >= 4 is 35.0 Å². The van der Waals surface area contributed by atoms with Gasteiger partial charge in [0.1, 0.15) is 5.58 Å². The van der Waals surface area contributed by atoms with Crippen LogP contribution in [0, 0.1) is 6.92 Å². The number of nitrogen functional groups attached to an aromatic ring is 1. The number of carboxylic acid groups (broad SMARTS) is 1. The molecule has 0 amide bonds. The average Bonchev–Trinajstić information content (AvgIpc) is 2.28. The van der Waals surface area contributed by atoms with Gasteiger partial charge >= 0.3 is 11.6 Å². The van der Waals surface area contributed by atoms with Gasteiger partial charge in [-0.1, -0.05) is 0 Å². The van der Waals surface area contributed by atoms with Crippen LogP contribution in [-0.2, 0) is 4.79 Å². The van der Waals surface area contributed by atoms with E-state index in [1.54, 1.807) is 12.1 Å². The maximum atomic E-state index is 11.0. The van der Waals surface area contributed by atoms with E-state index in [1.165, 1.54) is 6.07 Å². The molecule has 0 aliphatic carbocycles. The van der Waals surface area contributed by atoms with Crippen molar-refractivity contribution in [2.75, 3.05) is 12.3 Å². The van der Waals surface area contributed by atoms with E-state index < -0.39 is 5.97 Å². The Morgan fingerprint density at radius 1 is 1.37 bits per heavy atom. The number of rotatable bonds is 1. The van der Waals surface area contributed by atoms with Crippen LogP contribution in [0.15, 0.2) is 33.5 Å². The molecule has 0 fully saturated rings. The maximum Gasteiger partial charge on any atom is 0.336 e. The lowest BCUT2D eigenvalue weighted by atomic mass is 10.1. The second-order valence-electron chi connectivity index (χ2n) is 3.60. The normalized spacial score (nSPS) is 9.16. The zero-order valence-corrected chi connectivity index (χ0v) is 11.1. The number of carbonyl (C=O) groups is 1. The summed E-state index contributed by atoms with van der Waals surface area (Å²) in [6, 6.07) is 6.76. The highest BCUT2D eigenvalue weighted by Gasteiger charge is 2.01. The zero-order chi connectivity index (χ0) is 13.7. The highest BCUT2D eigenvalue weighted by molar-refractivity contribution is 5.85. The Bertz CT molecular complexity index is 625. The van der Waals surface area contributed by atoms with Crippen LogP contribution < -0.4 is 17.1 Å². The Hall–Kier alpha value is -2.05. The minimum absolute atomic E-state index is 0. The van der Waals surface area contributed by atoms with Gasteiger partial charge in [-0.15, -0.1) is 12.4 Å². The molecule has 0 aliphatic heterocycles. The van der Waals surface area contributed by atoms with Gasteiger partial charge in [-0.05, 0) is 24.6 Å². The largest absolute Gasteiger partial charge is 0.480 e. The summed E-state index contributed by atoms with van der Waals surface area (Å²) in [6.45, 7) is 1.59. The van der Waals surface area contributed by atoms with Gasteiger partial charge in [0, 0.05) is 23.2 Å². The SMILES string of the molecule is Cc1cc(=O)oc2cc(N)ccc12.Cl.NCC(=O)O. The number of hydrogen-bond donors (Lipinski definition) is 3. The summed E-state index contributed by atoms with van der Waals surface area (Å²) < 4.78 is 4.99. The van der Waals surface area contributed by atoms with Gasteiger partial charge in [0.2, 0.25) is 0 Å². The number of halogens is 1. The first-order chi connectivity index (χ1) is 8.43. The molecule has 1 heterocycles. The third-order valence-corrected chi connectivity index (χ3v) is 2.15. The average molecular weight is 287 g/mol. The fourth-order valence-corrected chi connectivity index (χ4v) is 1.34. The third kappa shape index (κ3) is 4.99. The van der Waals surface area contributed by atoms with Crippen LogP contribution in [0.2, 0.25) is 0 Å². The number of aliphatic carboxylic acids is 1. The molecule has 5 N–H and O–H groups in total. The lowest BCUT2D eigenvalue weighted by Crippen LogP contribution is -2.10. The molecule has 0 aliphatic rings. The number of fused-ring (bicyclic) bond motifs is 1. The molecule has 104 valence electrons. The molecule has 0 saturated heterocycles. The molecule has 2 rings (SSSR count). The summed E-state index contributed by atoms with van der Waals surface area (Å²) in [4.78, 5) is 20.3. The van der Waals surface area contributed by atoms with Gasteiger partial charge in [-0.2, -0.15) is 0 Å². The number of carboxylic acids is 1. The monoisotopic (exact) mass is 286 g/mol. The van der Waals surface area contributed by atoms with Crippen molar-refractivity contribution in [1.82, 2.24) is 0 Å². The molecule has 19 heavy (non-hydrogen) atoms. The molecule has 0 saturated carbocycles. The molecule has 1 aromatic heterocycles. The van der Waals surface area contributed by atoms with Gasteiger partial charge in [0.15, 0.2) is 0 Å². The van der Waals surface area contributed by atoms with Gasteiger partial charge < -0.3 is 21.0 Å². The van der Waals surface area contributed by atoms with E-state index in [2.05, 4.69) is 5.73 Å². The first-order valence-electron chi connectivity index (χ1n) is 5.16. The van der Waals surface area contributed by atoms with Crippen molar-refractivity contribution < 1.29 is 14.3 Å². The number of hydrogen-bond acceptors (Lipinski definition) is 5. The Kier molecular flexibility index (Phi) is 6.60. The van der Waals surface area contributed by atoms with E-state index in [4.69, 9.17) is 15.3 Å². The number of aryl methyl sites for hydroxylation is 1. The lowest BCUT2D eigenvalue weighted by Gasteiger charge is -2.00. The highest BCUT2D eigenvalue weighted by atomic mass is 35.5. The standard InChI is InChI=1S/C10H9NO2.C2H5NO2.ClH/c1-6-4-10(12)13-9-5-7(11)2-3-8(6)9;3-1-2(4)5;/h2-5H,11H2,1H3;1,3H2,(H,4,5);1H. The zero-order valence-electron chi connectivity index (χ0n) is 10.3. The fraction of sp³-hybridized carbons (Fsp3) is 0.167. The Labute approximate surface area is 115 Å². The van der Waals surface area contributed by atoms with Crippen LogP contribution in [0.4, 0.5) is 5.69 Å². The van der Waals surface area contributed by atoms with Crippen LogP contribution in [0.1, 0.15) is 5.56 Å². The topological polar surface area (TPSA) is 120 Å². The van der Waals surface area contributed by atoms with E-state index in [0.29, 0.717) is 11.3 Å². The van der Waals surface area contributed by atoms with E-state index in [9.17, 15) is 9.59 Å². The van der Waals surface area contributed by atoms with Gasteiger partial charge in [0.25, 0.3) is 0 Å². The van der Waals surface area contributed by atoms with Crippen LogP contribution >= 0.6 is 12.4 Å². The Morgan fingerprint density at radius 3 is 2.47 bits per heavy atom. The summed E-state index contributed by atoms with van der Waals surface area (Å²) in [5, 5.41) is 8.52. The molecule has 0 spiro atoms. The third-order valence-electron chi connectivity index (χ3n) is 2.15. The first kappa shape index (κ1) is 16.9. The quantitative estimate of drug-likeness (QED) is 0.534. The number of benzene rings is 1.